The Hall–Kier alpha value is -2.57. The average molecular weight is 397 g/mol. The summed E-state index contributed by atoms with van der Waals surface area (Å²) < 4.78 is 7.21. The molecule has 1 N–H and O–H groups in total. The van der Waals surface area contributed by atoms with Gasteiger partial charge in [-0.3, -0.25) is 4.79 Å². The zero-order valence-corrected chi connectivity index (χ0v) is 17.1. The van der Waals surface area contributed by atoms with Gasteiger partial charge in [-0.15, -0.1) is 11.8 Å². The largest absolute Gasteiger partial charge is 0.487 e. The van der Waals surface area contributed by atoms with E-state index in [1.54, 1.807) is 31.8 Å². The maximum atomic E-state index is 13.2. The van der Waals surface area contributed by atoms with E-state index in [0.717, 1.165) is 10.5 Å². The predicted molar refractivity (Wildman–Crippen MR) is 113 cm³/mol. The summed E-state index contributed by atoms with van der Waals surface area (Å²) in [6.07, 6.45) is 4.08. The summed E-state index contributed by atoms with van der Waals surface area (Å²) >= 11 is 1.66. The molecule has 28 heavy (non-hydrogen) atoms. The minimum atomic E-state index is -0.869. The van der Waals surface area contributed by atoms with Crippen molar-refractivity contribution < 1.29 is 9.84 Å². The summed E-state index contributed by atoms with van der Waals surface area (Å²) in [6.45, 7) is 3.66. The number of hydrogen-bond donors (Lipinski definition) is 1. The summed E-state index contributed by atoms with van der Waals surface area (Å²) in [7, 11) is 0. The van der Waals surface area contributed by atoms with Crippen LogP contribution < -0.4 is 10.3 Å². The molecule has 3 aromatic rings. The van der Waals surface area contributed by atoms with Crippen LogP contribution in [0, 0.1) is 0 Å². The maximum absolute atomic E-state index is 13.2. The number of para-hydroxylation sites is 1. The number of aromatic nitrogens is 2. The lowest BCUT2D eigenvalue weighted by molar-refractivity contribution is 0.0551. The van der Waals surface area contributed by atoms with E-state index in [1.165, 1.54) is 4.68 Å². The second kappa shape index (κ2) is 8.63. The lowest BCUT2D eigenvalue weighted by atomic mass is 10.1. The van der Waals surface area contributed by atoms with Crippen molar-refractivity contribution in [2.45, 2.75) is 30.8 Å². The fourth-order valence-electron chi connectivity index (χ4n) is 2.71. The molecule has 0 aliphatic rings. The zero-order valence-electron chi connectivity index (χ0n) is 16.3. The molecule has 0 saturated heterocycles. The molecule has 0 unspecified atom stereocenters. The number of ether oxygens (including phenoxy) is 1. The summed E-state index contributed by atoms with van der Waals surface area (Å²) in [5, 5.41) is 14.3. The van der Waals surface area contributed by atoms with Crippen LogP contribution in [0.4, 0.5) is 0 Å². The Morgan fingerprint density at radius 1 is 1.11 bits per heavy atom. The first-order chi connectivity index (χ1) is 13.4. The van der Waals surface area contributed by atoms with Crippen LogP contribution >= 0.6 is 11.8 Å². The van der Waals surface area contributed by atoms with Crippen LogP contribution in [0.15, 0.2) is 70.5 Å². The highest BCUT2D eigenvalue weighted by molar-refractivity contribution is 7.98. The van der Waals surface area contributed by atoms with Crippen LogP contribution in [0.3, 0.4) is 0 Å². The first-order valence-electron chi connectivity index (χ1n) is 9.06. The Balaban J connectivity index is 2.05. The van der Waals surface area contributed by atoms with E-state index in [2.05, 4.69) is 5.10 Å². The van der Waals surface area contributed by atoms with Crippen molar-refractivity contribution in [1.82, 2.24) is 9.78 Å². The van der Waals surface area contributed by atoms with Gasteiger partial charge in [0.2, 0.25) is 0 Å². The minimum Gasteiger partial charge on any atom is -0.487 e. The highest BCUT2D eigenvalue weighted by atomic mass is 32.2. The second-order valence-electron chi connectivity index (χ2n) is 7.08. The van der Waals surface area contributed by atoms with Gasteiger partial charge in [0.25, 0.3) is 0 Å². The van der Waals surface area contributed by atoms with E-state index in [1.807, 2.05) is 60.9 Å². The van der Waals surface area contributed by atoms with Crippen LogP contribution in [-0.2, 0) is 0 Å². The molecule has 0 amide bonds. The molecule has 3 rings (SSSR count). The average Bonchev–Trinajstić information content (AvgIpc) is 2.69. The molecule has 0 aliphatic heterocycles. The number of hydrogen-bond acceptors (Lipinski definition) is 5. The molecule has 0 aliphatic carbocycles. The van der Waals surface area contributed by atoms with Crippen LogP contribution in [0.2, 0.25) is 0 Å². The normalized spacial score (nSPS) is 11.4. The van der Waals surface area contributed by atoms with Crippen molar-refractivity contribution in [1.29, 1.82) is 0 Å². The van der Waals surface area contributed by atoms with Gasteiger partial charge in [0.1, 0.15) is 0 Å². The van der Waals surface area contributed by atoms with Crippen molar-refractivity contribution in [2.75, 3.05) is 12.9 Å². The van der Waals surface area contributed by atoms with Crippen molar-refractivity contribution in [3.05, 3.63) is 71.1 Å². The Morgan fingerprint density at radius 2 is 1.79 bits per heavy atom. The quantitative estimate of drug-likeness (QED) is 0.608. The van der Waals surface area contributed by atoms with Crippen molar-refractivity contribution >= 4 is 11.8 Å². The third kappa shape index (κ3) is 4.82. The van der Waals surface area contributed by atoms with Gasteiger partial charge in [-0.1, -0.05) is 30.3 Å². The van der Waals surface area contributed by atoms with Gasteiger partial charge in [-0.2, -0.15) is 9.78 Å². The van der Waals surface area contributed by atoms with E-state index >= 15 is 0 Å². The second-order valence-corrected chi connectivity index (χ2v) is 7.96. The Kier molecular flexibility index (Phi) is 6.21. The van der Waals surface area contributed by atoms with Gasteiger partial charge in [0.15, 0.2) is 5.75 Å². The molecular formula is C22H24N2O3S. The third-order valence-corrected chi connectivity index (χ3v) is 5.04. The van der Waals surface area contributed by atoms with E-state index < -0.39 is 5.60 Å². The first kappa shape index (κ1) is 20.2. The fraction of sp³-hybridized carbons (Fsp3) is 0.273. The van der Waals surface area contributed by atoms with Gasteiger partial charge >= 0.3 is 5.56 Å². The number of aliphatic hydroxyl groups is 1. The van der Waals surface area contributed by atoms with E-state index in [9.17, 15) is 9.90 Å². The molecule has 0 atom stereocenters. The van der Waals surface area contributed by atoms with Crippen molar-refractivity contribution in [3.63, 3.8) is 0 Å². The lowest BCUT2D eigenvalue weighted by Gasteiger charge is -2.18. The number of rotatable bonds is 7. The van der Waals surface area contributed by atoms with Crippen LogP contribution in [0.1, 0.15) is 20.3 Å². The van der Waals surface area contributed by atoms with Crippen LogP contribution in [0.25, 0.3) is 16.8 Å². The first-order valence-corrected chi connectivity index (χ1v) is 10.3. The molecule has 1 heterocycles. The molecule has 0 bridgehead atoms. The molecule has 5 nitrogen and oxygen atoms in total. The van der Waals surface area contributed by atoms with Gasteiger partial charge in [0.05, 0.1) is 24.1 Å². The van der Waals surface area contributed by atoms with E-state index in [4.69, 9.17) is 4.74 Å². The third-order valence-electron chi connectivity index (χ3n) is 4.30. The highest BCUT2D eigenvalue weighted by Crippen LogP contribution is 2.29. The molecule has 146 valence electrons. The SMILES string of the molecule is CSc1ccc(-c2cnn(-c3ccccc3)c(=O)c2OCCC(C)(C)O)cc1. The smallest absolute Gasteiger partial charge is 0.314 e. The van der Waals surface area contributed by atoms with Gasteiger partial charge < -0.3 is 9.84 Å². The fourth-order valence-corrected chi connectivity index (χ4v) is 3.12. The summed E-state index contributed by atoms with van der Waals surface area (Å²) in [5.41, 5.74) is 0.977. The van der Waals surface area contributed by atoms with E-state index in [-0.39, 0.29) is 17.9 Å². The van der Waals surface area contributed by atoms with E-state index in [0.29, 0.717) is 17.7 Å². The van der Waals surface area contributed by atoms with Crippen molar-refractivity contribution in [2.24, 2.45) is 0 Å². The van der Waals surface area contributed by atoms with Crippen LogP contribution in [0.5, 0.6) is 5.75 Å². The zero-order chi connectivity index (χ0) is 20.1. The summed E-state index contributed by atoms with van der Waals surface area (Å²) in [5.74, 6) is 0.236. The molecule has 0 fully saturated rings. The summed E-state index contributed by atoms with van der Waals surface area (Å²) in [6, 6.07) is 17.2. The highest BCUT2D eigenvalue weighted by Gasteiger charge is 2.18. The maximum Gasteiger partial charge on any atom is 0.314 e. The summed E-state index contributed by atoms with van der Waals surface area (Å²) in [4.78, 5) is 14.3. The van der Waals surface area contributed by atoms with Gasteiger partial charge in [0, 0.05) is 16.9 Å². The molecular weight excluding hydrogens is 372 g/mol. The Morgan fingerprint density at radius 3 is 2.39 bits per heavy atom. The lowest BCUT2D eigenvalue weighted by Crippen LogP contribution is -2.26. The standard InChI is InChI=1S/C22H24N2O3S/c1-22(2,26)13-14-27-20-19(16-9-11-18(28-3)12-10-16)15-23-24(21(20)25)17-7-5-4-6-8-17/h4-12,15,26H,13-14H2,1-3H3. The Bertz CT molecular complexity index is 977. The predicted octanol–water partition coefficient (Wildman–Crippen LogP) is 4.16. The van der Waals surface area contributed by atoms with Gasteiger partial charge in [-0.05, 0) is 49.9 Å². The van der Waals surface area contributed by atoms with Crippen molar-refractivity contribution in [3.8, 4) is 22.6 Å². The Labute approximate surface area is 169 Å². The number of thioether (sulfide) groups is 1. The minimum absolute atomic E-state index is 0.230. The molecule has 0 spiro atoms. The van der Waals surface area contributed by atoms with Gasteiger partial charge in [-0.25, -0.2) is 0 Å². The number of benzene rings is 2. The number of nitrogens with zero attached hydrogens (tertiary/aromatic N) is 2. The van der Waals surface area contributed by atoms with Crippen LogP contribution in [-0.4, -0.2) is 33.4 Å². The monoisotopic (exact) mass is 396 g/mol. The molecule has 0 saturated carbocycles. The molecule has 0 radical (unpaired) electrons. The molecule has 2 aromatic carbocycles. The topological polar surface area (TPSA) is 64.4 Å². The molecule has 6 heteroatoms. The molecule has 1 aromatic heterocycles.